The Morgan fingerprint density at radius 3 is 2.43 bits per heavy atom. The smallest absolute Gasteiger partial charge is 0.318 e. The average molecular weight is 358 g/mol. The number of esters is 1. The number of hydrogen-bond donors (Lipinski definition) is 0. The maximum Gasteiger partial charge on any atom is 0.318 e. The Morgan fingerprint density at radius 2 is 1.91 bits per heavy atom. The second-order valence-electron chi connectivity index (χ2n) is 5.43. The molecule has 6 nitrogen and oxygen atoms in total. The van der Waals surface area contributed by atoms with Gasteiger partial charge in [-0.2, -0.15) is 4.31 Å². The van der Waals surface area contributed by atoms with Crippen LogP contribution in [0.25, 0.3) is 0 Å². The minimum absolute atomic E-state index is 0.203. The highest BCUT2D eigenvalue weighted by atomic mass is 32.2. The molecule has 1 saturated heterocycles. The Hall–Kier alpha value is -1.12. The second kappa shape index (κ2) is 8.12. The third-order valence-electron chi connectivity index (χ3n) is 3.74. The van der Waals surface area contributed by atoms with Gasteiger partial charge in [-0.1, -0.05) is 24.6 Å². The minimum Gasteiger partial charge on any atom is -0.468 e. The first-order valence-electron chi connectivity index (χ1n) is 7.66. The third kappa shape index (κ3) is 4.68. The van der Waals surface area contributed by atoms with Gasteiger partial charge in [-0.15, -0.1) is 0 Å². The van der Waals surface area contributed by atoms with Crippen molar-refractivity contribution in [2.24, 2.45) is 0 Å². The number of carbonyl (C=O) groups excluding carboxylic acids is 1. The van der Waals surface area contributed by atoms with Crippen LogP contribution >= 0.6 is 11.8 Å². The van der Waals surface area contributed by atoms with Crippen molar-refractivity contribution in [1.29, 1.82) is 0 Å². The number of pyridine rings is 1. The Balaban J connectivity index is 2.10. The summed E-state index contributed by atoms with van der Waals surface area (Å²) in [7, 11) is -2.14. The van der Waals surface area contributed by atoms with Crippen LogP contribution in [0.15, 0.2) is 28.3 Å². The molecule has 1 aliphatic rings. The van der Waals surface area contributed by atoms with Crippen LogP contribution in [0, 0.1) is 0 Å². The van der Waals surface area contributed by atoms with Crippen LogP contribution in [0.1, 0.15) is 32.6 Å². The number of carbonyl (C=O) groups is 1. The van der Waals surface area contributed by atoms with Crippen LogP contribution in [0.2, 0.25) is 0 Å². The Morgan fingerprint density at radius 1 is 1.26 bits per heavy atom. The zero-order chi connectivity index (χ0) is 16.9. The molecule has 0 bridgehead atoms. The molecular formula is C15H22N2O4S2. The quantitative estimate of drug-likeness (QED) is 0.594. The van der Waals surface area contributed by atoms with E-state index in [9.17, 15) is 13.2 Å². The standard InChI is InChI=1S/C15H22N2O4S2/c1-12(15(18)21-2)22-14-8-7-13(11-16-14)23(19,20)17-9-5-3-4-6-10-17/h7-8,11-12H,3-6,9-10H2,1-2H3/t12-/m1/s1. The van der Waals surface area contributed by atoms with Gasteiger partial charge < -0.3 is 4.74 Å². The topological polar surface area (TPSA) is 76.6 Å². The van der Waals surface area contributed by atoms with E-state index in [0.717, 1.165) is 25.7 Å². The number of methoxy groups -OCH3 is 1. The zero-order valence-corrected chi connectivity index (χ0v) is 15.0. The molecule has 1 aromatic heterocycles. The number of aromatic nitrogens is 1. The molecule has 1 aromatic rings. The molecule has 0 radical (unpaired) electrons. The maximum absolute atomic E-state index is 12.6. The highest BCUT2D eigenvalue weighted by Crippen LogP contribution is 2.24. The first-order valence-corrected chi connectivity index (χ1v) is 9.98. The van der Waals surface area contributed by atoms with Crippen LogP contribution in [0.4, 0.5) is 0 Å². The number of sulfonamides is 1. The van der Waals surface area contributed by atoms with E-state index in [-0.39, 0.29) is 16.1 Å². The van der Waals surface area contributed by atoms with Gasteiger partial charge in [-0.25, -0.2) is 13.4 Å². The molecule has 0 N–H and O–H groups in total. The molecule has 0 aromatic carbocycles. The van der Waals surface area contributed by atoms with E-state index in [1.54, 1.807) is 23.4 Å². The molecule has 1 aliphatic heterocycles. The molecule has 2 heterocycles. The summed E-state index contributed by atoms with van der Waals surface area (Å²) < 4.78 is 31.5. The zero-order valence-electron chi connectivity index (χ0n) is 13.4. The van der Waals surface area contributed by atoms with E-state index in [4.69, 9.17) is 0 Å². The van der Waals surface area contributed by atoms with Crippen LogP contribution in [-0.2, 0) is 19.6 Å². The summed E-state index contributed by atoms with van der Waals surface area (Å²) in [6.07, 6.45) is 5.32. The summed E-state index contributed by atoms with van der Waals surface area (Å²) >= 11 is 1.24. The lowest BCUT2D eigenvalue weighted by Crippen LogP contribution is -2.32. The van der Waals surface area contributed by atoms with Crippen molar-refractivity contribution >= 4 is 27.8 Å². The summed E-state index contributed by atoms with van der Waals surface area (Å²) in [4.78, 5) is 15.8. The molecule has 128 valence electrons. The highest BCUT2D eigenvalue weighted by Gasteiger charge is 2.25. The molecule has 0 aliphatic carbocycles. The van der Waals surface area contributed by atoms with Gasteiger partial charge >= 0.3 is 5.97 Å². The third-order valence-corrected chi connectivity index (χ3v) is 6.65. The summed E-state index contributed by atoms with van der Waals surface area (Å²) in [6.45, 7) is 2.86. The van der Waals surface area contributed by atoms with E-state index >= 15 is 0 Å². The molecule has 0 saturated carbocycles. The number of ether oxygens (including phenoxy) is 1. The van der Waals surface area contributed by atoms with Gasteiger partial charge in [0, 0.05) is 19.3 Å². The molecule has 0 amide bonds. The lowest BCUT2D eigenvalue weighted by Gasteiger charge is -2.19. The molecule has 0 spiro atoms. The fourth-order valence-electron chi connectivity index (χ4n) is 2.42. The minimum atomic E-state index is -3.48. The second-order valence-corrected chi connectivity index (χ2v) is 8.73. The van der Waals surface area contributed by atoms with Crippen LogP contribution in [0.5, 0.6) is 0 Å². The van der Waals surface area contributed by atoms with Gasteiger partial charge in [-0.05, 0) is 31.9 Å². The van der Waals surface area contributed by atoms with E-state index in [2.05, 4.69) is 9.72 Å². The molecule has 0 unspecified atom stereocenters. The lowest BCUT2D eigenvalue weighted by atomic mass is 10.2. The van der Waals surface area contributed by atoms with Crippen LogP contribution in [-0.4, -0.2) is 49.1 Å². The van der Waals surface area contributed by atoms with E-state index in [1.807, 2.05) is 0 Å². The highest BCUT2D eigenvalue weighted by molar-refractivity contribution is 8.00. The van der Waals surface area contributed by atoms with Crippen molar-refractivity contribution in [2.75, 3.05) is 20.2 Å². The number of hydrogen-bond acceptors (Lipinski definition) is 6. The fraction of sp³-hybridized carbons (Fsp3) is 0.600. The number of thioether (sulfide) groups is 1. The van der Waals surface area contributed by atoms with Crippen molar-refractivity contribution in [3.8, 4) is 0 Å². The number of rotatable bonds is 5. The summed E-state index contributed by atoms with van der Waals surface area (Å²) in [5.41, 5.74) is 0. The monoisotopic (exact) mass is 358 g/mol. The van der Waals surface area contributed by atoms with Gasteiger partial charge in [0.15, 0.2) is 0 Å². The predicted octanol–water partition coefficient (Wildman–Crippen LogP) is 2.30. The predicted molar refractivity (Wildman–Crippen MR) is 88.8 cm³/mol. The maximum atomic E-state index is 12.6. The Bertz CT molecular complexity index is 623. The van der Waals surface area contributed by atoms with E-state index in [1.165, 1.54) is 25.1 Å². The van der Waals surface area contributed by atoms with Gasteiger partial charge in [0.05, 0.1) is 12.1 Å². The molecule has 1 fully saturated rings. The summed E-state index contributed by atoms with van der Waals surface area (Å²) in [5.74, 6) is -0.335. The van der Waals surface area contributed by atoms with Crippen molar-refractivity contribution in [2.45, 2.75) is 47.8 Å². The van der Waals surface area contributed by atoms with Crippen molar-refractivity contribution in [3.05, 3.63) is 18.3 Å². The first-order chi connectivity index (χ1) is 10.9. The summed E-state index contributed by atoms with van der Waals surface area (Å²) in [5, 5.41) is 0.207. The first kappa shape index (κ1) is 18.2. The molecule has 8 heteroatoms. The van der Waals surface area contributed by atoms with Crippen molar-refractivity contribution in [3.63, 3.8) is 0 Å². The Kier molecular flexibility index (Phi) is 6.43. The van der Waals surface area contributed by atoms with Crippen LogP contribution in [0.3, 0.4) is 0 Å². The van der Waals surface area contributed by atoms with Crippen molar-refractivity contribution in [1.82, 2.24) is 9.29 Å². The van der Waals surface area contributed by atoms with Crippen molar-refractivity contribution < 1.29 is 17.9 Å². The SMILES string of the molecule is COC(=O)[C@@H](C)Sc1ccc(S(=O)(=O)N2CCCCCC2)cn1. The van der Waals surface area contributed by atoms with Gasteiger partial charge in [0.1, 0.15) is 10.1 Å². The summed E-state index contributed by atoms with van der Waals surface area (Å²) in [6, 6.07) is 3.19. The average Bonchev–Trinajstić information content (AvgIpc) is 2.84. The lowest BCUT2D eigenvalue weighted by molar-refractivity contribution is -0.139. The van der Waals surface area contributed by atoms with Gasteiger partial charge in [-0.3, -0.25) is 4.79 Å². The van der Waals surface area contributed by atoms with Crippen LogP contribution < -0.4 is 0 Å². The largest absolute Gasteiger partial charge is 0.468 e. The number of nitrogens with zero attached hydrogens (tertiary/aromatic N) is 2. The molecular weight excluding hydrogens is 336 g/mol. The fourth-order valence-corrected chi connectivity index (χ4v) is 4.69. The van der Waals surface area contributed by atoms with E-state index in [0.29, 0.717) is 18.1 Å². The molecule has 2 rings (SSSR count). The Labute approximate surface area is 141 Å². The molecule has 23 heavy (non-hydrogen) atoms. The molecule has 1 atom stereocenters. The van der Waals surface area contributed by atoms with Gasteiger partial charge in [0.25, 0.3) is 0 Å². The normalized spacial score (nSPS) is 18.2. The van der Waals surface area contributed by atoms with E-state index < -0.39 is 10.0 Å². The van der Waals surface area contributed by atoms with Gasteiger partial charge in [0.2, 0.25) is 10.0 Å².